The molecule has 1 atom stereocenters. The third-order valence-electron chi connectivity index (χ3n) is 5.32. The van der Waals surface area contributed by atoms with E-state index in [2.05, 4.69) is 27.5 Å². The molecule has 144 valence electrons. The lowest BCUT2D eigenvalue weighted by atomic mass is 10.00. The first kappa shape index (κ1) is 18.4. The fourth-order valence-electron chi connectivity index (χ4n) is 3.86. The zero-order valence-corrected chi connectivity index (χ0v) is 16.4. The Balaban J connectivity index is 1.56. The van der Waals surface area contributed by atoms with Gasteiger partial charge in [0.15, 0.2) is 0 Å². The number of likely N-dealkylation sites (tertiary alicyclic amines) is 1. The Hall–Kier alpha value is -2.92. The van der Waals surface area contributed by atoms with Gasteiger partial charge in [0.25, 0.3) is 0 Å². The van der Waals surface area contributed by atoms with Crippen LogP contribution in [0.25, 0.3) is 22.4 Å². The Labute approximate surface area is 166 Å². The fourth-order valence-corrected chi connectivity index (χ4v) is 3.86. The number of aromatic nitrogens is 2. The highest BCUT2D eigenvalue weighted by Gasteiger charge is 2.18. The van der Waals surface area contributed by atoms with Crippen LogP contribution in [0.15, 0.2) is 54.6 Å². The Bertz CT molecular complexity index is 958. The van der Waals surface area contributed by atoms with Crippen LogP contribution < -0.4 is 5.32 Å². The van der Waals surface area contributed by atoms with E-state index in [1.54, 1.807) is 6.07 Å². The van der Waals surface area contributed by atoms with Crippen molar-refractivity contribution in [2.75, 3.05) is 25.5 Å². The molecular formula is C23H26N4O. The number of hydrogen-bond donors (Lipinski definition) is 2. The van der Waals surface area contributed by atoms with Crippen molar-refractivity contribution in [2.45, 2.75) is 25.8 Å². The van der Waals surface area contributed by atoms with Crippen LogP contribution in [0.3, 0.4) is 0 Å². The highest BCUT2D eigenvalue weighted by molar-refractivity contribution is 5.75. The summed E-state index contributed by atoms with van der Waals surface area (Å²) in [5.74, 6) is 1.01. The van der Waals surface area contributed by atoms with E-state index in [1.165, 1.54) is 6.42 Å². The minimum Gasteiger partial charge on any atom is -0.507 e. The molecule has 0 radical (unpaired) electrons. The third-order valence-corrected chi connectivity index (χ3v) is 5.32. The Morgan fingerprint density at radius 1 is 1.04 bits per heavy atom. The topological polar surface area (TPSA) is 61.3 Å². The second-order valence-corrected chi connectivity index (χ2v) is 7.60. The number of likely N-dealkylation sites (N-methyl/N-ethyl adjacent to an activating group) is 1. The van der Waals surface area contributed by atoms with Crippen molar-refractivity contribution in [3.05, 3.63) is 60.2 Å². The minimum absolute atomic E-state index is 0.216. The second kappa shape index (κ2) is 7.98. The maximum absolute atomic E-state index is 10.6. The van der Waals surface area contributed by atoms with Crippen LogP contribution in [-0.4, -0.2) is 46.4 Å². The first-order valence-electron chi connectivity index (χ1n) is 9.78. The number of nitrogens with one attached hydrogen (secondary N) is 1. The lowest BCUT2D eigenvalue weighted by Gasteiger charge is -2.30. The summed E-state index contributed by atoms with van der Waals surface area (Å²) in [5.41, 5.74) is 4.46. The van der Waals surface area contributed by atoms with Gasteiger partial charge in [0.1, 0.15) is 11.6 Å². The normalized spacial score (nSPS) is 17.4. The van der Waals surface area contributed by atoms with Gasteiger partial charge in [0.05, 0.1) is 5.69 Å². The van der Waals surface area contributed by atoms with Gasteiger partial charge in [-0.1, -0.05) is 36.4 Å². The molecule has 0 amide bonds. The zero-order chi connectivity index (χ0) is 19.5. The SMILES string of the molecule is Cc1cc(N[C@@H]2CCCN(C)C2)nnc1-c1ccc(-c2ccccc2)cc1O. The molecular weight excluding hydrogens is 348 g/mol. The standard InChI is InChI=1S/C23H26N4O/c1-16-13-22(24-19-9-6-12-27(2)15-19)25-26-23(16)20-11-10-18(14-21(20)28)17-7-4-3-5-8-17/h3-5,7-8,10-11,13-14,19,28H,6,9,12,15H2,1-2H3,(H,24,25)/t19-/m1/s1. The molecule has 2 heterocycles. The van der Waals surface area contributed by atoms with Gasteiger partial charge in [-0.3, -0.25) is 0 Å². The van der Waals surface area contributed by atoms with E-state index in [9.17, 15) is 5.11 Å². The number of phenols is 1. The van der Waals surface area contributed by atoms with Gasteiger partial charge in [0.2, 0.25) is 0 Å². The molecule has 1 fully saturated rings. The molecule has 0 spiro atoms. The summed E-state index contributed by atoms with van der Waals surface area (Å²) >= 11 is 0. The van der Waals surface area contributed by atoms with Gasteiger partial charge in [0, 0.05) is 18.2 Å². The number of aryl methyl sites for hydroxylation is 1. The van der Waals surface area contributed by atoms with Crippen LogP contribution in [0, 0.1) is 6.92 Å². The molecule has 0 unspecified atom stereocenters. The van der Waals surface area contributed by atoms with Crippen molar-refractivity contribution in [2.24, 2.45) is 0 Å². The van der Waals surface area contributed by atoms with E-state index in [1.807, 2.05) is 55.5 Å². The fraction of sp³-hybridized carbons (Fsp3) is 0.304. The third kappa shape index (κ3) is 3.99. The highest BCUT2D eigenvalue weighted by Crippen LogP contribution is 2.34. The summed E-state index contributed by atoms with van der Waals surface area (Å²) in [4.78, 5) is 2.34. The van der Waals surface area contributed by atoms with Gasteiger partial charge in [-0.15, -0.1) is 10.2 Å². The van der Waals surface area contributed by atoms with Crippen LogP contribution in [0.2, 0.25) is 0 Å². The molecule has 1 saturated heterocycles. The maximum atomic E-state index is 10.6. The van der Waals surface area contributed by atoms with Gasteiger partial charge < -0.3 is 15.3 Å². The summed E-state index contributed by atoms with van der Waals surface area (Å²) in [6, 6.07) is 18.2. The average Bonchev–Trinajstić information content (AvgIpc) is 2.69. The molecule has 1 aliphatic heterocycles. The summed E-state index contributed by atoms with van der Waals surface area (Å²) in [6.07, 6.45) is 2.34. The summed E-state index contributed by atoms with van der Waals surface area (Å²) < 4.78 is 0. The summed E-state index contributed by atoms with van der Waals surface area (Å²) in [7, 11) is 2.15. The quantitative estimate of drug-likeness (QED) is 0.712. The van der Waals surface area contributed by atoms with Crippen molar-refractivity contribution in [1.29, 1.82) is 0 Å². The van der Waals surface area contributed by atoms with E-state index < -0.39 is 0 Å². The number of anilines is 1. The van der Waals surface area contributed by atoms with E-state index in [0.29, 0.717) is 17.3 Å². The molecule has 5 heteroatoms. The van der Waals surface area contributed by atoms with Crippen molar-refractivity contribution >= 4 is 5.82 Å². The first-order chi connectivity index (χ1) is 13.6. The number of piperidine rings is 1. The first-order valence-corrected chi connectivity index (χ1v) is 9.78. The van der Waals surface area contributed by atoms with Crippen LogP contribution in [0.4, 0.5) is 5.82 Å². The van der Waals surface area contributed by atoms with Crippen molar-refractivity contribution in [3.8, 4) is 28.1 Å². The summed E-state index contributed by atoms with van der Waals surface area (Å²) in [6.45, 7) is 4.18. The van der Waals surface area contributed by atoms with E-state index in [0.717, 1.165) is 42.0 Å². The highest BCUT2D eigenvalue weighted by atomic mass is 16.3. The van der Waals surface area contributed by atoms with E-state index >= 15 is 0 Å². The van der Waals surface area contributed by atoms with Gasteiger partial charge >= 0.3 is 0 Å². The molecule has 2 aromatic carbocycles. The number of nitrogens with zero attached hydrogens (tertiary/aromatic N) is 3. The lowest BCUT2D eigenvalue weighted by molar-refractivity contribution is 0.260. The van der Waals surface area contributed by atoms with Gasteiger partial charge in [-0.05, 0) is 68.2 Å². The monoisotopic (exact) mass is 374 g/mol. The molecule has 3 aromatic rings. The van der Waals surface area contributed by atoms with Crippen molar-refractivity contribution in [3.63, 3.8) is 0 Å². The Morgan fingerprint density at radius 2 is 1.86 bits per heavy atom. The van der Waals surface area contributed by atoms with E-state index in [-0.39, 0.29) is 5.75 Å². The molecule has 1 aromatic heterocycles. The molecule has 0 aliphatic carbocycles. The molecule has 1 aliphatic rings. The smallest absolute Gasteiger partial charge is 0.149 e. The predicted molar refractivity (Wildman–Crippen MR) is 113 cm³/mol. The minimum atomic E-state index is 0.216. The average molecular weight is 374 g/mol. The maximum Gasteiger partial charge on any atom is 0.149 e. The largest absolute Gasteiger partial charge is 0.507 e. The number of hydrogen-bond acceptors (Lipinski definition) is 5. The van der Waals surface area contributed by atoms with Gasteiger partial charge in [-0.25, -0.2) is 0 Å². The number of aromatic hydroxyl groups is 1. The zero-order valence-electron chi connectivity index (χ0n) is 16.4. The second-order valence-electron chi connectivity index (χ2n) is 7.60. The molecule has 4 rings (SSSR count). The molecule has 2 N–H and O–H groups in total. The van der Waals surface area contributed by atoms with Gasteiger partial charge in [-0.2, -0.15) is 0 Å². The number of benzene rings is 2. The number of phenolic OH excluding ortho intramolecular Hbond substituents is 1. The number of rotatable bonds is 4. The molecule has 5 nitrogen and oxygen atoms in total. The molecule has 28 heavy (non-hydrogen) atoms. The van der Waals surface area contributed by atoms with Crippen molar-refractivity contribution in [1.82, 2.24) is 15.1 Å². The predicted octanol–water partition coefficient (Wildman–Crippen LogP) is 4.33. The van der Waals surface area contributed by atoms with E-state index in [4.69, 9.17) is 0 Å². The van der Waals surface area contributed by atoms with Crippen LogP contribution in [-0.2, 0) is 0 Å². The molecule has 0 saturated carbocycles. The van der Waals surface area contributed by atoms with Crippen LogP contribution in [0.5, 0.6) is 5.75 Å². The Kier molecular flexibility index (Phi) is 5.26. The molecule has 0 bridgehead atoms. The lowest BCUT2D eigenvalue weighted by Crippen LogP contribution is -2.39. The Morgan fingerprint density at radius 3 is 2.57 bits per heavy atom. The summed E-state index contributed by atoms with van der Waals surface area (Å²) in [5, 5.41) is 22.9. The van der Waals surface area contributed by atoms with Crippen LogP contribution >= 0.6 is 0 Å². The van der Waals surface area contributed by atoms with Crippen molar-refractivity contribution < 1.29 is 5.11 Å². The van der Waals surface area contributed by atoms with Crippen LogP contribution in [0.1, 0.15) is 18.4 Å².